The van der Waals surface area contributed by atoms with Gasteiger partial charge >= 0.3 is 6.09 Å². The Kier molecular flexibility index (Phi) is 16.9. The molecule has 0 spiro atoms. The van der Waals surface area contributed by atoms with Gasteiger partial charge in [0.15, 0.2) is 0 Å². The second-order valence-corrected chi connectivity index (χ2v) is 17.1. The van der Waals surface area contributed by atoms with Crippen molar-refractivity contribution in [2.45, 2.75) is 111 Å². The van der Waals surface area contributed by atoms with Gasteiger partial charge in [0.25, 0.3) is 0 Å². The zero-order valence-electron chi connectivity index (χ0n) is 35.8. The maximum atomic E-state index is 14.4. The van der Waals surface area contributed by atoms with Crippen LogP contribution in [0.25, 0.3) is 0 Å². The Morgan fingerprint density at radius 3 is 1.93 bits per heavy atom. The summed E-state index contributed by atoms with van der Waals surface area (Å²) in [6.45, 7) is 14.3. The van der Waals surface area contributed by atoms with Crippen LogP contribution in [0.15, 0.2) is 72.8 Å². The summed E-state index contributed by atoms with van der Waals surface area (Å²) in [5, 5.41) is 37.2. The summed E-state index contributed by atoms with van der Waals surface area (Å²) in [7, 11) is 5.34. The normalized spacial score (nSPS) is 14.3. The maximum Gasteiger partial charge on any atom is 0.408 e. The number of benzene rings is 3. The van der Waals surface area contributed by atoms with Crippen LogP contribution in [-0.2, 0) is 38.6 Å². The van der Waals surface area contributed by atoms with Gasteiger partial charge in [-0.1, -0.05) is 77.1 Å². The summed E-state index contributed by atoms with van der Waals surface area (Å²) in [6, 6.07) is 17.1. The number of phenols is 1. The first-order valence-corrected chi connectivity index (χ1v) is 19.5. The van der Waals surface area contributed by atoms with Crippen molar-refractivity contribution in [2.75, 3.05) is 26.1 Å². The predicted octanol–water partition coefficient (Wildman–Crippen LogP) is 4.41. The Labute approximate surface area is 343 Å². The van der Waals surface area contributed by atoms with E-state index < -0.39 is 65.1 Å². The highest BCUT2D eigenvalue weighted by atomic mass is 16.6. The van der Waals surface area contributed by atoms with Gasteiger partial charge in [-0.15, -0.1) is 0 Å². The third-order valence-electron chi connectivity index (χ3n) is 9.42. The standard InChI is InChI=1S/C44H64N6O8/c1-27(2)35(39(53)46-26-30-19-22-32(57-11)24-34(30)51)48-40(54)36(45-25-29-17-20-31(21-18-29)50(9)10)37(52)33(23-28-15-13-12-14-16-28)47-41(55)38(43(3,4)5)49-42(56)58-44(6,7)8/h12-22,24,27,33,35-38,45,51-52H,23,25-26H2,1-11H3,(H,46,53)(H,47,55)(H,48,54)(H,49,56)/t33-,35-,36+,37+,38+/m0/s1. The van der Waals surface area contributed by atoms with Gasteiger partial charge in [0.2, 0.25) is 17.7 Å². The van der Waals surface area contributed by atoms with Gasteiger partial charge in [-0.3, -0.25) is 19.7 Å². The molecule has 0 saturated carbocycles. The maximum absolute atomic E-state index is 14.4. The van der Waals surface area contributed by atoms with Crippen LogP contribution in [0.2, 0.25) is 0 Å². The number of methoxy groups -OCH3 is 1. The molecule has 0 aliphatic rings. The van der Waals surface area contributed by atoms with Crippen molar-refractivity contribution in [3.63, 3.8) is 0 Å². The highest BCUT2D eigenvalue weighted by Crippen LogP contribution is 2.24. The lowest BCUT2D eigenvalue weighted by Gasteiger charge is -2.35. The topological polar surface area (TPSA) is 191 Å². The molecule has 0 aliphatic heterocycles. The number of rotatable bonds is 18. The number of carbonyl (C=O) groups excluding carboxylic acids is 4. The zero-order chi connectivity index (χ0) is 43.4. The monoisotopic (exact) mass is 804 g/mol. The number of anilines is 1. The van der Waals surface area contributed by atoms with E-state index in [4.69, 9.17) is 9.47 Å². The van der Waals surface area contributed by atoms with Crippen LogP contribution in [0.1, 0.15) is 72.1 Å². The average molecular weight is 805 g/mol. The highest BCUT2D eigenvalue weighted by molar-refractivity contribution is 5.91. The fraction of sp³-hybridized carbons (Fsp3) is 0.500. The molecular formula is C44H64N6O8. The van der Waals surface area contributed by atoms with E-state index in [9.17, 15) is 29.4 Å². The van der Waals surface area contributed by atoms with Gasteiger partial charge in [0, 0.05) is 44.5 Å². The summed E-state index contributed by atoms with van der Waals surface area (Å²) in [5.41, 5.74) is 1.44. The number of hydrogen-bond donors (Lipinski definition) is 7. The van der Waals surface area contributed by atoms with Gasteiger partial charge in [-0.2, -0.15) is 0 Å². The summed E-state index contributed by atoms with van der Waals surface area (Å²) >= 11 is 0. The molecule has 0 aliphatic carbocycles. The van der Waals surface area contributed by atoms with Gasteiger partial charge in [-0.05, 0) is 73.9 Å². The van der Waals surface area contributed by atoms with E-state index in [-0.39, 0.29) is 31.2 Å². The molecule has 0 aromatic heterocycles. The third kappa shape index (κ3) is 14.6. The number of aliphatic hydroxyl groups is 1. The SMILES string of the molecule is COc1ccc(CNC(=O)[C@@H](NC(=O)[C@H](NCc2ccc(N(C)C)cc2)[C@H](O)[C@H](Cc2ccccc2)NC(=O)[C@@H](NC(=O)OC(C)(C)C)C(C)(C)C)C(C)C)c(O)c1. The van der Waals surface area contributed by atoms with E-state index in [1.54, 1.807) is 67.5 Å². The number of nitrogens with one attached hydrogen (secondary N) is 5. The average Bonchev–Trinajstić information content (AvgIpc) is 3.14. The molecule has 0 heterocycles. The van der Waals surface area contributed by atoms with Crippen molar-refractivity contribution >= 4 is 29.5 Å². The fourth-order valence-corrected chi connectivity index (χ4v) is 6.12. The molecule has 4 amide bonds. The van der Waals surface area contributed by atoms with Crippen LogP contribution in [0.4, 0.5) is 10.5 Å². The van der Waals surface area contributed by atoms with E-state index in [0.29, 0.717) is 11.3 Å². The molecule has 318 valence electrons. The minimum atomic E-state index is -1.54. The molecule has 0 fully saturated rings. The smallest absolute Gasteiger partial charge is 0.408 e. The largest absolute Gasteiger partial charge is 0.507 e. The molecule has 3 aromatic rings. The predicted molar refractivity (Wildman–Crippen MR) is 225 cm³/mol. The number of alkyl carbamates (subject to hydrolysis) is 1. The number of amides is 4. The van der Waals surface area contributed by atoms with Crippen molar-refractivity contribution in [1.29, 1.82) is 0 Å². The van der Waals surface area contributed by atoms with E-state index in [0.717, 1.165) is 16.8 Å². The highest BCUT2D eigenvalue weighted by Gasteiger charge is 2.40. The minimum absolute atomic E-state index is 0.0154. The first kappa shape index (κ1) is 47.0. The van der Waals surface area contributed by atoms with Crippen LogP contribution in [-0.4, -0.2) is 91.1 Å². The fourth-order valence-electron chi connectivity index (χ4n) is 6.12. The van der Waals surface area contributed by atoms with E-state index in [1.807, 2.05) is 73.6 Å². The Morgan fingerprint density at radius 2 is 1.40 bits per heavy atom. The molecule has 5 atom stereocenters. The molecule has 14 nitrogen and oxygen atoms in total. The van der Waals surface area contributed by atoms with Crippen LogP contribution >= 0.6 is 0 Å². The Hall–Kier alpha value is -5.34. The minimum Gasteiger partial charge on any atom is -0.507 e. The number of phenolic OH excluding ortho intramolecular Hbond substituents is 1. The molecule has 14 heteroatoms. The van der Waals surface area contributed by atoms with Crippen molar-refractivity contribution in [3.8, 4) is 11.5 Å². The van der Waals surface area contributed by atoms with Gasteiger partial charge in [0.05, 0.1) is 19.3 Å². The number of nitrogens with zero attached hydrogens (tertiary/aromatic N) is 1. The first-order chi connectivity index (χ1) is 27.1. The molecule has 7 N–H and O–H groups in total. The van der Waals surface area contributed by atoms with Crippen LogP contribution in [0.3, 0.4) is 0 Å². The molecule has 0 unspecified atom stereocenters. The van der Waals surface area contributed by atoms with E-state index >= 15 is 0 Å². The van der Waals surface area contributed by atoms with Crippen LogP contribution in [0, 0.1) is 11.3 Å². The van der Waals surface area contributed by atoms with Crippen molar-refractivity contribution in [2.24, 2.45) is 11.3 Å². The number of ether oxygens (including phenoxy) is 2. The second kappa shape index (κ2) is 20.9. The molecule has 58 heavy (non-hydrogen) atoms. The van der Waals surface area contributed by atoms with E-state index in [2.05, 4.69) is 26.6 Å². The lowest BCUT2D eigenvalue weighted by atomic mass is 9.85. The number of carbonyl (C=O) groups is 4. The Bertz CT molecular complexity index is 1810. The number of aliphatic hydroxyl groups excluding tert-OH is 1. The summed E-state index contributed by atoms with van der Waals surface area (Å²) in [4.78, 5) is 57.1. The van der Waals surface area contributed by atoms with Crippen molar-refractivity contribution in [3.05, 3.63) is 89.5 Å². The lowest BCUT2D eigenvalue weighted by Crippen LogP contribution is -2.64. The van der Waals surface area contributed by atoms with Crippen molar-refractivity contribution < 1.29 is 38.9 Å². The van der Waals surface area contributed by atoms with Crippen LogP contribution in [0.5, 0.6) is 11.5 Å². The zero-order valence-corrected chi connectivity index (χ0v) is 35.8. The van der Waals surface area contributed by atoms with Gasteiger partial charge in [0.1, 0.15) is 35.2 Å². The Balaban J connectivity index is 1.98. The van der Waals surface area contributed by atoms with Crippen LogP contribution < -0.4 is 36.2 Å². The molecule has 0 saturated heterocycles. The van der Waals surface area contributed by atoms with Gasteiger partial charge < -0.3 is 45.9 Å². The molecule has 0 radical (unpaired) electrons. The molecular weight excluding hydrogens is 741 g/mol. The molecule has 3 rings (SSSR count). The van der Waals surface area contributed by atoms with Gasteiger partial charge in [-0.25, -0.2) is 4.79 Å². The summed E-state index contributed by atoms with van der Waals surface area (Å²) in [5.74, 6) is -1.74. The summed E-state index contributed by atoms with van der Waals surface area (Å²) in [6.07, 6.45) is -2.19. The summed E-state index contributed by atoms with van der Waals surface area (Å²) < 4.78 is 10.6. The van der Waals surface area contributed by atoms with Crippen molar-refractivity contribution in [1.82, 2.24) is 26.6 Å². The number of aromatic hydroxyl groups is 1. The molecule has 0 bridgehead atoms. The second-order valence-electron chi connectivity index (χ2n) is 17.1. The molecule has 3 aromatic carbocycles. The first-order valence-electron chi connectivity index (χ1n) is 19.5. The third-order valence-corrected chi connectivity index (χ3v) is 9.42. The quantitative estimate of drug-likeness (QED) is 0.0970. The Morgan fingerprint density at radius 1 is 0.759 bits per heavy atom. The lowest BCUT2D eigenvalue weighted by molar-refractivity contribution is -0.134. The van der Waals surface area contributed by atoms with E-state index in [1.165, 1.54) is 13.2 Å². The number of hydrogen-bond acceptors (Lipinski definition) is 10.